The van der Waals surface area contributed by atoms with Gasteiger partial charge >= 0.3 is 0 Å². The van der Waals surface area contributed by atoms with Crippen LogP contribution in [-0.2, 0) is 4.79 Å². The number of carbonyl (C=O) groups is 1. The van der Waals surface area contributed by atoms with Crippen LogP contribution in [0.3, 0.4) is 0 Å². The van der Waals surface area contributed by atoms with Crippen molar-refractivity contribution in [2.75, 3.05) is 13.1 Å². The number of nitrogens with zero attached hydrogens (tertiary/aromatic N) is 1. The van der Waals surface area contributed by atoms with Gasteiger partial charge in [-0.25, -0.2) is 0 Å². The van der Waals surface area contributed by atoms with Crippen molar-refractivity contribution in [3.63, 3.8) is 0 Å². The average Bonchev–Trinajstić information content (AvgIpc) is 2.90. The Bertz CT molecular complexity index is 260. The van der Waals surface area contributed by atoms with E-state index in [1.165, 1.54) is 25.7 Å². The lowest BCUT2D eigenvalue weighted by Gasteiger charge is -2.31. The molecule has 2 rings (SSSR count). The molecule has 92 valence electrons. The van der Waals surface area contributed by atoms with Crippen LogP contribution in [0.5, 0.6) is 0 Å². The van der Waals surface area contributed by atoms with Crippen LogP contribution >= 0.6 is 0 Å². The van der Waals surface area contributed by atoms with E-state index in [1.807, 2.05) is 20.8 Å². The van der Waals surface area contributed by atoms with E-state index < -0.39 is 0 Å². The average molecular weight is 224 g/mol. The largest absolute Gasteiger partial charge is 0.338 e. The minimum Gasteiger partial charge on any atom is -0.338 e. The van der Waals surface area contributed by atoms with Gasteiger partial charge in [-0.15, -0.1) is 0 Å². The smallest absolute Gasteiger partial charge is 0.228 e. The van der Waals surface area contributed by atoms with Crippen molar-refractivity contribution in [2.45, 2.75) is 58.5 Å². The third-order valence-corrected chi connectivity index (χ3v) is 3.47. The topological polar surface area (TPSA) is 32.3 Å². The van der Waals surface area contributed by atoms with E-state index in [0.29, 0.717) is 18.0 Å². The minimum absolute atomic E-state index is 0.235. The highest BCUT2D eigenvalue weighted by molar-refractivity contribution is 5.82. The Balaban J connectivity index is 1.96. The Labute approximate surface area is 98.6 Å². The summed E-state index contributed by atoms with van der Waals surface area (Å²) < 4.78 is 0. The highest BCUT2D eigenvalue weighted by Gasteiger charge is 2.38. The molecule has 0 aromatic rings. The molecular weight excluding hydrogens is 200 g/mol. The summed E-state index contributed by atoms with van der Waals surface area (Å²) in [6, 6.07) is 1.07. The van der Waals surface area contributed by atoms with Gasteiger partial charge in [0.2, 0.25) is 5.91 Å². The number of rotatable bonds is 3. The zero-order chi connectivity index (χ0) is 11.8. The van der Waals surface area contributed by atoms with E-state index >= 15 is 0 Å². The highest BCUT2D eigenvalue weighted by atomic mass is 16.2. The van der Waals surface area contributed by atoms with Gasteiger partial charge in [-0.1, -0.05) is 20.8 Å². The maximum Gasteiger partial charge on any atom is 0.228 e. The van der Waals surface area contributed by atoms with Gasteiger partial charge in [-0.05, 0) is 32.2 Å². The SMILES string of the molecule is CC(C)(C)C(=O)N(CC1CCCN1)C1CC1. The molecule has 1 saturated carbocycles. The van der Waals surface area contributed by atoms with Crippen LogP contribution in [0, 0.1) is 5.41 Å². The summed E-state index contributed by atoms with van der Waals surface area (Å²) in [5.41, 5.74) is -0.235. The molecule has 2 aliphatic rings. The number of hydrogen-bond acceptors (Lipinski definition) is 2. The van der Waals surface area contributed by atoms with Crippen LogP contribution < -0.4 is 5.32 Å². The second kappa shape index (κ2) is 4.36. The summed E-state index contributed by atoms with van der Waals surface area (Å²) in [5, 5.41) is 3.48. The van der Waals surface area contributed by atoms with Crippen LogP contribution in [0.1, 0.15) is 46.5 Å². The molecule has 3 heteroatoms. The lowest BCUT2D eigenvalue weighted by atomic mass is 9.94. The first-order valence-electron chi connectivity index (χ1n) is 6.53. The maximum atomic E-state index is 12.3. The summed E-state index contributed by atoms with van der Waals surface area (Å²) in [7, 11) is 0. The fourth-order valence-electron chi connectivity index (χ4n) is 2.36. The second-order valence-electron chi connectivity index (χ2n) is 6.23. The number of hydrogen-bond donors (Lipinski definition) is 1. The van der Waals surface area contributed by atoms with E-state index in [2.05, 4.69) is 10.2 Å². The molecule has 1 atom stereocenters. The van der Waals surface area contributed by atoms with Crippen LogP contribution in [0.4, 0.5) is 0 Å². The van der Waals surface area contributed by atoms with Gasteiger partial charge in [-0.2, -0.15) is 0 Å². The lowest BCUT2D eigenvalue weighted by molar-refractivity contribution is -0.140. The Morgan fingerprint density at radius 1 is 1.31 bits per heavy atom. The fourth-order valence-corrected chi connectivity index (χ4v) is 2.36. The molecule has 0 aromatic heterocycles. The molecule has 0 radical (unpaired) electrons. The molecule has 1 unspecified atom stereocenters. The third-order valence-electron chi connectivity index (χ3n) is 3.47. The first kappa shape index (κ1) is 11.9. The van der Waals surface area contributed by atoms with Crippen molar-refractivity contribution in [1.29, 1.82) is 0 Å². The summed E-state index contributed by atoms with van der Waals surface area (Å²) >= 11 is 0. The van der Waals surface area contributed by atoms with Gasteiger partial charge in [0, 0.05) is 24.0 Å². The third kappa shape index (κ3) is 2.76. The van der Waals surface area contributed by atoms with E-state index in [1.54, 1.807) is 0 Å². The molecule has 1 aliphatic carbocycles. The molecule has 1 heterocycles. The lowest BCUT2D eigenvalue weighted by Crippen LogP contribution is -2.46. The fraction of sp³-hybridized carbons (Fsp3) is 0.923. The van der Waals surface area contributed by atoms with Gasteiger partial charge in [0.15, 0.2) is 0 Å². The predicted octanol–water partition coefficient (Wildman–Crippen LogP) is 1.78. The first-order valence-corrected chi connectivity index (χ1v) is 6.53. The van der Waals surface area contributed by atoms with Gasteiger partial charge < -0.3 is 10.2 Å². The van der Waals surface area contributed by atoms with E-state index in [0.717, 1.165) is 13.1 Å². The van der Waals surface area contributed by atoms with Crippen molar-refractivity contribution in [3.05, 3.63) is 0 Å². The Morgan fingerprint density at radius 2 is 2.00 bits per heavy atom. The maximum absolute atomic E-state index is 12.3. The van der Waals surface area contributed by atoms with Crippen LogP contribution in [-0.4, -0.2) is 36.0 Å². The molecule has 0 spiro atoms. The zero-order valence-electron chi connectivity index (χ0n) is 10.8. The highest BCUT2D eigenvalue weighted by Crippen LogP contribution is 2.31. The Kier molecular flexibility index (Phi) is 3.24. The quantitative estimate of drug-likeness (QED) is 0.792. The van der Waals surface area contributed by atoms with Crippen molar-refractivity contribution < 1.29 is 4.79 Å². The minimum atomic E-state index is -0.235. The molecule has 16 heavy (non-hydrogen) atoms. The Hall–Kier alpha value is -0.570. The normalized spacial score (nSPS) is 25.8. The summed E-state index contributed by atoms with van der Waals surface area (Å²) in [6.07, 6.45) is 4.89. The van der Waals surface area contributed by atoms with Crippen molar-refractivity contribution in [3.8, 4) is 0 Å². The molecular formula is C13H24N2O. The molecule has 0 bridgehead atoms. The summed E-state index contributed by atoms with van der Waals surface area (Å²) in [5.74, 6) is 0.323. The van der Waals surface area contributed by atoms with E-state index in [-0.39, 0.29) is 5.41 Å². The number of amides is 1. The van der Waals surface area contributed by atoms with Gasteiger partial charge in [0.25, 0.3) is 0 Å². The van der Waals surface area contributed by atoms with E-state index in [9.17, 15) is 4.79 Å². The summed E-state index contributed by atoms with van der Waals surface area (Å²) in [4.78, 5) is 14.5. The molecule has 1 aliphatic heterocycles. The predicted molar refractivity (Wildman–Crippen MR) is 65.2 cm³/mol. The van der Waals surface area contributed by atoms with E-state index in [4.69, 9.17) is 0 Å². The molecule has 1 amide bonds. The second-order valence-corrected chi connectivity index (χ2v) is 6.23. The van der Waals surface area contributed by atoms with Crippen molar-refractivity contribution >= 4 is 5.91 Å². The first-order chi connectivity index (χ1) is 7.48. The van der Waals surface area contributed by atoms with Gasteiger partial charge in [0.1, 0.15) is 0 Å². The van der Waals surface area contributed by atoms with Crippen LogP contribution in [0.25, 0.3) is 0 Å². The summed E-state index contributed by atoms with van der Waals surface area (Å²) in [6.45, 7) is 8.10. The van der Waals surface area contributed by atoms with Gasteiger partial charge in [0.05, 0.1) is 0 Å². The van der Waals surface area contributed by atoms with Crippen molar-refractivity contribution in [2.24, 2.45) is 5.41 Å². The molecule has 2 fully saturated rings. The zero-order valence-corrected chi connectivity index (χ0v) is 10.8. The molecule has 3 nitrogen and oxygen atoms in total. The number of nitrogens with one attached hydrogen (secondary N) is 1. The Morgan fingerprint density at radius 3 is 2.44 bits per heavy atom. The molecule has 1 saturated heterocycles. The monoisotopic (exact) mass is 224 g/mol. The molecule has 0 aromatic carbocycles. The number of carbonyl (C=O) groups excluding carboxylic acids is 1. The standard InChI is InChI=1S/C13H24N2O/c1-13(2,3)12(16)15(11-6-7-11)9-10-5-4-8-14-10/h10-11,14H,4-9H2,1-3H3. The molecule has 1 N–H and O–H groups in total. The van der Waals surface area contributed by atoms with Crippen LogP contribution in [0.2, 0.25) is 0 Å². The van der Waals surface area contributed by atoms with Crippen LogP contribution in [0.15, 0.2) is 0 Å². The van der Waals surface area contributed by atoms with Crippen molar-refractivity contribution in [1.82, 2.24) is 10.2 Å². The van der Waals surface area contributed by atoms with Gasteiger partial charge in [-0.3, -0.25) is 4.79 Å².